The number of pyridine rings is 1. The van der Waals surface area contributed by atoms with Crippen molar-refractivity contribution in [1.82, 2.24) is 9.72 Å². The normalized spacial score (nSPS) is 11.3. The lowest BCUT2D eigenvalue weighted by Crippen LogP contribution is -2.27. The Balaban J connectivity index is 1.77. The maximum atomic E-state index is 12.7. The number of aliphatic hydroxyl groups excluding tert-OH is 1. The summed E-state index contributed by atoms with van der Waals surface area (Å²) in [6.45, 7) is 0.0756. The average Bonchev–Trinajstić information content (AvgIpc) is 3.03. The summed E-state index contributed by atoms with van der Waals surface area (Å²) >= 11 is 5.87. The van der Waals surface area contributed by atoms with Crippen LogP contribution in [0, 0.1) is 0 Å². The minimum atomic E-state index is -0.380. The largest absolute Gasteiger partial charge is 0.390 e. The number of nitrogens with zero attached hydrogens (tertiary/aromatic N) is 1. The minimum Gasteiger partial charge on any atom is -0.390 e. The number of benzene rings is 2. The van der Waals surface area contributed by atoms with Gasteiger partial charge in [-0.2, -0.15) is 0 Å². The van der Waals surface area contributed by atoms with Gasteiger partial charge in [0.2, 0.25) is 0 Å². The van der Waals surface area contributed by atoms with Crippen LogP contribution in [0.2, 0.25) is 5.02 Å². The zero-order valence-electron chi connectivity index (χ0n) is 13.7. The monoisotopic (exact) mass is 366 g/mol. The van der Waals surface area contributed by atoms with Gasteiger partial charge in [0.25, 0.3) is 5.91 Å². The maximum absolute atomic E-state index is 12.7. The number of carbonyl (C=O) groups is 1. The van der Waals surface area contributed by atoms with Crippen molar-refractivity contribution in [2.24, 2.45) is 0 Å². The lowest BCUT2D eigenvalue weighted by atomic mass is 10.1. The van der Waals surface area contributed by atoms with Gasteiger partial charge >= 0.3 is 0 Å². The van der Waals surface area contributed by atoms with Gasteiger partial charge in [-0.15, -0.1) is 0 Å². The second kappa shape index (κ2) is 6.44. The Hall–Kier alpha value is -2.89. The average molecular weight is 367 g/mol. The van der Waals surface area contributed by atoms with E-state index in [-0.39, 0.29) is 23.6 Å². The van der Waals surface area contributed by atoms with Gasteiger partial charge in [-0.05, 0) is 29.8 Å². The van der Waals surface area contributed by atoms with Crippen molar-refractivity contribution >= 4 is 33.8 Å². The Kier molecular flexibility index (Phi) is 4.11. The van der Waals surface area contributed by atoms with Crippen LogP contribution >= 0.6 is 11.6 Å². The van der Waals surface area contributed by atoms with Crippen LogP contribution in [-0.2, 0) is 13.2 Å². The first kappa shape index (κ1) is 16.6. The third kappa shape index (κ3) is 2.71. The van der Waals surface area contributed by atoms with Gasteiger partial charge in [-0.3, -0.25) is 9.59 Å². The molecule has 0 bridgehead atoms. The molecule has 2 aromatic heterocycles. The Morgan fingerprint density at radius 2 is 1.88 bits per heavy atom. The van der Waals surface area contributed by atoms with Gasteiger partial charge in [0.05, 0.1) is 12.1 Å². The molecule has 26 heavy (non-hydrogen) atoms. The summed E-state index contributed by atoms with van der Waals surface area (Å²) in [4.78, 5) is 25.2. The molecule has 1 amide bonds. The molecule has 0 saturated heterocycles. The van der Waals surface area contributed by atoms with Crippen LogP contribution in [0.4, 0.5) is 0 Å². The fraction of sp³-hybridized carbons (Fsp3) is 0.100. The van der Waals surface area contributed by atoms with E-state index in [2.05, 4.69) is 5.32 Å². The summed E-state index contributed by atoms with van der Waals surface area (Å²) in [5, 5.41) is 14.5. The molecule has 6 heteroatoms. The van der Waals surface area contributed by atoms with E-state index in [1.165, 1.54) is 6.07 Å². The highest BCUT2D eigenvalue weighted by Gasteiger charge is 2.18. The maximum Gasteiger partial charge on any atom is 0.268 e. The van der Waals surface area contributed by atoms with Crippen molar-refractivity contribution in [3.05, 3.63) is 86.8 Å². The molecule has 0 atom stereocenters. The highest BCUT2D eigenvalue weighted by Crippen LogP contribution is 2.24. The first-order chi connectivity index (χ1) is 12.6. The van der Waals surface area contributed by atoms with Crippen LogP contribution in [0.3, 0.4) is 0 Å². The molecule has 0 fully saturated rings. The second-order valence-corrected chi connectivity index (χ2v) is 6.51. The zero-order valence-corrected chi connectivity index (χ0v) is 14.5. The van der Waals surface area contributed by atoms with E-state index < -0.39 is 0 Å². The van der Waals surface area contributed by atoms with Crippen molar-refractivity contribution in [2.45, 2.75) is 13.2 Å². The van der Waals surface area contributed by atoms with Gasteiger partial charge in [0.15, 0.2) is 5.43 Å². The molecular formula is C20H15ClN2O3. The third-order valence-corrected chi connectivity index (χ3v) is 4.69. The highest BCUT2D eigenvalue weighted by atomic mass is 35.5. The number of hydrogen-bond donors (Lipinski definition) is 2. The third-order valence-electron chi connectivity index (χ3n) is 4.44. The Labute approximate surface area is 153 Å². The molecule has 130 valence electrons. The van der Waals surface area contributed by atoms with E-state index in [9.17, 15) is 14.7 Å². The Morgan fingerprint density at radius 3 is 2.62 bits per heavy atom. The molecule has 0 aliphatic rings. The van der Waals surface area contributed by atoms with Crippen LogP contribution in [0.25, 0.3) is 16.3 Å². The molecule has 0 aliphatic carbocycles. The lowest BCUT2D eigenvalue weighted by Gasteiger charge is -2.11. The number of para-hydroxylation sites is 1. The Morgan fingerprint density at radius 1 is 1.12 bits per heavy atom. The van der Waals surface area contributed by atoms with Crippen molar-refractivity contribution in [3.63, 3.8) is 0 Å². The van der Waals surface area contributed by atoms with Crippen LogP contribution < -0.4 is 10.7 Å². The Bertz CT molecular complexity index is 1170. The van der Waals surface area contributed by atoms with Gasteiger partial charge in [0, 0.05) is 34.1 Å². The van der Waals surface area contributed by atoms with E-state index in [0.29, 0.717) is 28.2 Å². The number of halogens is 1. The predicted molar refractivity (Wildman–Crippen MR) is 101 cm³/mol. The quantitative estimate of drug-likeness (QED) is 0.583. The zero-order chi connectivity index (χ0) is 18.3. The number of rotatable bonds is 4. The standard InChI is InChI=1S/C20H15ClN2O3/c21-14-6-4-12(5-7-14)10-22-20(26)17-9-18(25)16-3-1-2-13-8-15(11-24)23(17)19(13)16/h1-9,24H,10-11H2,(H,22,26). The second-order valence-electron chi connectivity index (χ2n) is 6.08. The van der Waals surface area contributed by atoms with E-state index in [0.717, 1.165) is 10.9 Å². The molecule has 0 saturated carbocycles. The van der Waals surface area contributed by atoms with E-state index in [1.54, 1.807) is 34.7 Å². The lowest BCUT2D eigenvalue weighted by molar-refractivity contribution is 0.0944. The van der Waals surface area contributed by atoms with Crippen molar-refractivity contribution in [3.8, 4) is 0 Å². The summed E-state index contributed by atoms with van der Waals surface area (Å²) < 4.78 is 1.66. The fourth-order valence-electron chi connectivity index (χ4n) is 3.21. The van der Waals surface area contributed by atoms with Gasteiger partial charge in [0.1, 0.15) is 5.69 Å². The smallest absolute Gasteiger partial charge is 0.268 e. The van der Waals surface area contributed by atoms with Gasteiger partial charge < -0.3 is 14.8 Å². The van der Waals surface area contributed by atoms with Crippen LogP contribution in [0.15, 0.2) is 59.4 Å². The SMILES string of the molecule is O=C(NCc1ccc(Cl)cc1)c1cc(=O)c2cccc3cc(CO)n1c32. The summed E-state index contributed by atoms with van der Waals surface area (Å²) in [6.07, 6.45) is 0. The summed E-state index contributed by atoms with van der Waals surface area (Å²) in [5.74, 6) is -0.380. The number of aromatic nitrogens is 1. The molecule has 4 aromatic rings. The molecule has 2 heterocycles. The highest BCUT2D eigenvalue weighted by molar-refractivity contribution is 6.30. The van der Waals surface area contributed by atoms with E-state index in [4.69, 9.17) is 11.6 Å². The van der Waals surface area contributed by atoms with Crippen LogP contribution in [0.1, 0.15) is 21.7 Å². The molecule has 0 unspecified atom stereocenters. The molecule has 0 spiro atoms. The first-order valence-corrected chi connectivity index (χ1v) is 8.49. The van der Waals surface area contributed by atoms with Crippen molar-refractivity contribution in [1.29, 1.82) is 0 Å². The fourth-order valence-corrected chi connectivity index (χ4v) is 3.34. The van der Waals surface area contributed by atoms with Gasteiger partial charge in [-0.25, -0.2) is 0 Å². The molecule has 4 rings (SSSR count). The number of carbonyl (C=O) groups excluding carboxylic acids is 1. The van der Waals surface area contributed by atoms with E-state index in [1.807, 2.05) is 18.2 Å². The predicted octanol–water partition coefficient (Wildman–Crippen LogP) is 2.97. The molecule has 5 nitrogen and oxygen atoms in total. The van der Waals surface area contributed by atoms with Crippen molar-refractivity contribution in [2.75, 3.05) is 0 Å². The summed E-state index contributed by atoms with van der Waals surface area (Å²) in [6, 6.07) is 15.6. The molecule has 2 N–H and O–H groups in total. The van der Waals surface area contributed by atoms with Crippen LogP contribution in [0.5, 0.6) is 0 Å². The van der Waals surface area contributed by atoms with E-state index >= 15 is 0 Å². The summed E-state index contributed by atoms with van der Waals surface area (Å²) in [5.41, 5.74) is 2.10. The number of amides is 1. The molecule has 2 aromatic carbocycles. The molecule has 0 aliphatic heterocycles. The topological polar surface area (TPSA) is 70.8 Å². The van der Waals surface area contributed by atoms with Crippen molar-refractivity contribution < 1.29 is 9.90 Å². The molecule has 0 radical (unpaired) electrons. The first-order valence-electron chi connectivity index (χ1n) is 8.12. The van der Waals surface area contributed by atoms with Crippen LogP contribution in [-0.4, -0.2) is 15.4 Å². The number of aliphatic hydroxyl groups is 1. The minimum absolute atomic E-state index is 0.210. The number of hydrogen-bond acceptors (Lipinski definition) is 3. The summed E-state index contributed by atoms with van der Waals surface area (Å²) in [7, 11) is 0. The van der Waals surface area contributed by atoms with Gasteiger partial charge in [-0.1, -0.05) is 35.9 Å². The number of nitrogens with one attached hydrogen (secondary N) is 1. The molecular weight excluding hydrogens is 352 g/mol.